The zero-order valence-electron chi connectivity index (χ0n) is 12.3. The summed E-state index contributed by atoms with van der Waals surface area (Å²) in [6.45, 7) is 0.914. The first-order valence-electron chi connectivity index (χ1n) is 7.39. The summed E-state index contributed by atoms with van der Waals surface area (Å²) in [5, 5.41) is 4.02. The largest absolute Gasteiger partial charge is 0.360 e. The Labute approximate surface area is 131 Å². The molecule has 23 heavy (non-hydrogen) atoms. The maximum Gasteiger partial charge on any atom is 0.270 e. The fourth-order valence-corrected chi connectivity index (χ4v) is 2.88. The van der Waals surface area contributed by atoms with E-state index >= 15 is 0 Å². The predicted octanol–water partition coefficient (Wildman–Crippen LogP) is 3.01. The molecule has 4 rings (SSSR count). The topological polar surface area (TPSA) is 62.1 Å². The van der Waals surface area contributed by atoms with Gasteiger partial charge in [0.15, 0.2) is 0 Å². The van der Waals surface area contributed by atoms with Crippen molar-refractivity contribution in [1.29, 1.82) is 0 Å². The minimum absolute atomic E-state index is 0.0821. The Morgan fingerprint density at radius 1 is 1.26 bits per heavy atom. The van der Waals surface area contributed by atoms with Gasteiger partial charge in [-0.05, 0) is 24.3 Å². The number of amides is 1. The number of aromatic nitrogens is 2. The van der Waals surface area contributed by atoms with E-state index in [-0.39, 0.29) is 11.7 Å². The van der Waals surface area contributed by atoms with Gasteiger partial charge in [0.25, 0.3) is 5.91 Å². The van der Waals surface area contributed by atoms with Crippen molar-refractivity contribution in [2.75, 3.05) is 6.54 Å². The zero-order valence-corrected chi connectivity index (χ0v) is 12.3. The predicted molar refractivity (Wildman–Crippen MR) is 81.1 cm³/mol. The van der Waals surface area contributed by atoms with Gasteiger partial charge in [0.2, 0.25) is 0 Å². The molecule has 0 saturated heterocycles. The summed E-state index contributed by atoms with van der Waals surface area (Å²) in [5.74, 6) is 0.288. The molecule has 0 fully saturated rings. The van der Waals surface area contributed by atoms with Gasteiger partial charge in [-0.2, -0.15) is 0 Å². The second kappa shape index (κ2) is 5.39. The highest BCUT2D eigenvalue weighted by Gasteiger charge is 2.29. The van der Waals surface area contributed by atoms with Crippen LogP contribution in [0.2, 0.25) is 0 Å². The van der Waals surface area contributed by atoms with Gasteiger partial charge in [0.1, 0.15) is 23.0 Å². The first-order chi connectivity index (χ1) is 11.2. The van der Waals surface area contributed by atoms with Crippen LogP contribution < -0.4 is 0 Å². The average Bonchev–Trinajstić information content (AvgIpc) is 3.24. The Bertz CT molecular complexity index is 855. The number of carbonyl (C=O) groups is 1. The standard InChI is InChI=1S/C17H14FN3O2/c18-13-5-2-1-4-11(13)16-12-10-21(9-7-15(12)23-20-16)17(22)14-6-3-8-19-14/h1-6,8,19H,7,9-10H2. The van der Waals surface area contributed by atoms with Crippen LogP contribution in [0.5, 0.6) is 0 Å². The van der Waals surface area contributed by atoms with Gasteiger partial charge in [0.05, 0.1) is 6.54 Å². The number of hydrogen-bond donors (Lipinski definition) is 1. The van der Waals surface area contributed by atoms with Crippen LogP contribution in [-0.2, 0) is 13.0 Å². The van der Waals surface area contributed by atoms with Crippen LogP contribution in [0, 0.1) is 5.82 Å². The number of nitrogens with one attached hydrogen (secondary N) is 1. The molecule has 0 bridgehead atoms. The molecule has 5 nitrogen and oxygen atoms in total. The average molecular weight is 311 g/mol. The zero-order chi connectivity index (χ0) is 15.8. The third-order valence-corrected chi connectivity index (χ3v) is 4.07. The van der Waals surface area contributed by atoms with Gasteiger partial charge in [-0.25, -0.2) is 4.39 Å². The molecule has 2 aromatic heterocycles. The maximum absolute atomic E-state index is 14.0. The summed E-state index contributed by atoms with van der Waals surface area (Å²) in [6.07, 6.45) is 2.29. The van der Waals surface area contributed by atoms with Gasteiger partial charge in [0, 0.05) is 30.3 Å². The molecule has 1 aliphatic rings. The van der Waals surface area contributed by atoms with Crippen molar-refractivity contribution in [1.82, 2.24) is 15.0 Å². The first kappa shape index (κ1) is 13.8. The van der Waals surface area contributed by atoms with Crippen LogP contribution in [0.15, 0.2) is 47.1 Å². The van der Waals surface area contributed by atoms with E-state index in [1.807, 2.05) is 0 Å². The molecule has 0 spiro atoms. The number of rotatable bonds is 2. The smallest absolute Gasteiger partial charge is 0.270 e. The number of nitrogens with zero attached hydrogens (tertiary/aromatic N) is 2. The molecule has 0 unspecified atom stereocenters. The van der Waals surface area contributed by atoms with Crippen LogP contribution in [0.1, 0.15) is 21.8 Å². The summed E-state index contributed by atoms with van der Waals surface area (Å²) < 4.78 is 19.4. The fourth-order valence-electron chi connectivity index (χ4n) is 2.88. The Morgan fingerprint density at radius 2 is 2.13 bits per heavy atom. The van der Waals surface area contributed by atoms with Gasteiger partial charge in [-0.1, -0.05) is 17.3 Å². The first-order valence-corrected chi connectivity index (χ1v) is 7.39. The van der Waals surface area contributed by atoms with Crippen molar-refractivity contribution < 1.29 is 13.7 Å². The fraction of sp³-hybridized carbons (Fsp3) is 0.176. The van der Waals surface area contributed by atoms with Crippen molar-refractivity contribution in [2.24, 2.45) is 0 Å². The molecular weight excluding hydrogens is 297 g/mol. The third-order valence-electron chi connectivity index (χ3n) is 4.07. The number of aromatic amines is 1. The molecule has 0 saturated carbocycles. The third kappa shape index (κ3) is 2.32. The van der Waals surface area contributed by atoms with Crippen molar-refractivity contribution >= 4 is 5.91 Å². The van der Waals surface area contributed by atoms with E-state index < -0.39 is 0 Å². The monoisotopic (exact) mass is 311 g/mol. The van der Waals surface area contributed by atoms with Crippen molar-refractivity contribution in [3.63, 3.8) is 0 Å². The number of H-pyrrole nitrogens is 1. The second-order valence-corrected chi connectivity index (χ2v) is 5.47. The molecule has 1 aliphatic heterocycles. The van der Waals surface area contributed by atoms with Crippen LogP contribution in [0.3, 0.4) is 0 Å². The lowest BCUT2D eigenvalue weighted by atomic mass is 10.0. The summed E-state index contributed by atoms with van der Waals surface area (Å²) in [6, 6.07) is 9.97. The summed E-state index contributed by atoms with van der Waals surface area (Å²) in [5.41, 5.74) is 2.19. The van der Waals surface area contributed by atoms with Crippen LogP contribution in [-0.4, -0.2) is 27.5 Å². The molecule has 0 atom stereocenters. The Balaban J connectivity index is 1.68. The lowest BCUT2D eigenvalue weighted by Crippen LogP contribution is -2.35. The van der Waals surface area contributed by atoms with E-state index in [4.69, 9.17) is 4.52 Å². The summed E-state index contributed by atoms with van der Waals surface area (Å²) in [4.78, 5) is 17.1. The van der Waals surface area contributed by atoms with Gasteiger partial charge in [-0.15, -0.1) is 0 Å². The maximum atomic E-state index is 14.0. The molecular formula is C17H14FN3O2. The number of fused-ring (bicyclic) bond motifs is 1. The molecule has 0 aliphatic carbocycles. The molecule has 6 heteroatoms. The normalized spacial score (nSPS) is 13.9. The van der Waals surface area contributed by atoms with Crippen LogP contribution in [0.25, 0.3) is 11.3 Å². The van der Waals surface area contributed by atoms with Crippen LogP contribution in [0.4, 0.5) is 4.39 Å². The van der Waals surface area contributed by atoms with E-state index in [0.717, 1.165) is 11.3 Å². The van der Waals surface area contributed by atoms with E-state index in [2.05, 4.69) is 10.1 Å². The number of benzene rings is 1. The lowest BCUT2D eigenvalue weighted by molar-refractivity contribution is 0.0724. The van der Waals surface area contributed by atoms with Crippen molar-refractivity contribution in [3.05, 3.63) is 65.4 Å². The summed E-state index contributed by atoms with van der Waals surface area (Å²) >= 11 is 0. The lowest BCUT2D eigenvalue weighted by Gasteiger charge is -2.25. The van der Waals surface area contributed by atoms with Gasteiger partial charge >= 0.3 is 0 Å². The molecule has 3 aromatic rings. The molecule has 1 N–H and O–H groups in total. The van der Waals surface area contributed by atoms with Crippen molar-refractivity contribution in [3.8, 4) is 11.3 Å². The van der Waals surface area contributed by atoms with Crippen LogP contribution >= 0.6 is 0 Å². The quantitative estimate of drug-likeness (QED) is 0.791. The minimum Gasteiger partial charge on any atom is -0.360 e. The van der Waals surface area contributed by atoms with E-state index in [1.165, 1.54) is 6.07 Å². The van der Waals surface area contributed by atoms with Gasteiger partial charge < -0.3 is 14.4 Å². The Kier molecular flexibility index (Phi) is 3.22. The van der Waals surface area contributed by atoms with E-state index in [9.17, 15) is 9.18 Å². The Morgan fingerprint density at radius 3 is 2.91 bits per heavy atom. The van der Waals surface area contributed by atoms with Crippen molar-refractivity contribution in [2.45, 2.75) is 13.0 Å². The molecule has 0 radical (unpaired) electrons. The molecule has 1 aromatic carbocycles. The minimum atomic E-state index is -0.351. The highest BCUT2D eigenvalue weighted by atomic mass is 19.1. The number of hydrogen-bond acceptors (Lipinski definition) is 3. The van der Waals surface area contributed by atoms with Gasteiger partial charge in [-0.3, -0.25) is 4.79 Å². The SMILES string of the molecule is O=C(c1ccc[nH]1)N1CCc2onc(-c3ccccc3F)c2C1. The summed E-state index contributed by atoms with van der Waals surface area (Å²) in [7, 11) is 0. The molecule has 1 amide bonds. The molecule has 3 heterocycles. The number of carbonyl (C=O) groups excluding carboxylic acids is 1. The molecule has 116 valence electrons. The van der Waals surface area contributed by atoms with E-state index in [0.29, 0.717) is 36.5 Å². The van der Waals surface area contributed by atoms with E-state index in [1.54, 1.807) is 41.4 Å². The highest BCUT2D eigenvalue weighted by Crippen LogP contribution is 2.31. The highest BCUT2D eigenvalue weighted by molar-refractivity contribution is 5.92. The second-order valence-electron chi connectivity index (χ2n) is 5.47. The Hall–Kier alpha value is -2.89. The number of halogens is 1.